The van der Waals surface area contributed by atoms with Crippen LogP contribution in [0.25, 0.3) is 10.9 Å². The summed E-state index contributed by atoms with van der Waals surface area (Å²) in [6, 6.07) is 19.4. The molecule has 0 bridgehead atoms. The molecule has 0 unspecified atom stereocenters. The van der Waals surface area contributed by atoms with Crippen molar-refractivity contribution < 1.29 is 23.3 Å². The number of aromatic nitrogens is 1. The zero-order valence-corrected chi connectivity index (χ0v) is 24.0. The first-order valence-electron chi connectivity index (χ1n) is 13.6. The third-order valence-corrected chi connectivity index (χ3v) is 6.75. The fraction of sp³-hybridized carbons (Fsp3) is 0.258. The van der Waals surface area contributed by atoms with E-state index >= 15 is 4.39 Å². The van der Waals surface area contributed by atoms with Crippen molar-refractivity contribution in [2.75, 3.05) is 51.9 Å². The van der Waals surface area contributed by atoms with Gasteiger partial charge in [0.15, 0.2) is 28.2 Å². The van der Waals surface area contributed by atoms with E-state index in [2.05, 4.69) is 25.7 Å². The highest BCUT2D eigenvalue weighted by molar-refractivity contribution is 7.80. The summed E-state index contributed by atoms with van der Waals surface area (Å²) in [5.41, 5.74) is 4.73. The molecule has 1 aliphatic heterocycles. The number of nitrogens with zero attached hydrogens (tertiary/aromatic N) is 3. The summed E-state index contributed by atoms with van der Waals surface area (Å²) in [5.74, 6) is 1.06. The average Bonchev–Trinajstić information content (AvgIpc) is 3.01. The molecule has 1 aliphatic rings. The first kappa shape index (κ1) is 29.2. The summed E-state index contributed by atoms with van der Waals surface area (Å²) in [6.07, 6.45) is 4.13. The predicted octanol–water partition coefficient (Wildman–Crippen LogP) is 5.60. The maximum atomic E-state index is 15.0. The number of rotatable bonds is 11. The normalized spacial score (nSPS) is 13.7. The van der Waals surface area contributed by atoms with Crippen LogP contribution in [-0.2, 0) is 4.74 Å². The topological polar surface area (TPSA) is 89.5 Å². The molecule has 0 amide bonds. The van der Waals surface area contributed by atoms with Crippen molar-refractivity contribution in [1.82, 2.24) is 15.3 Å². The van der Waals surface area contributed by atoms with E-state index in [-0.39, 0.29) is 10.9 Å². The van der Waals surface area contributed by atoms with E-state index in [0.29, 0.717) is 40.4 Å². The number of morpholine rings is 1. The molecular weight excluding hydrogens is 557 g/mol. The Bertz CT molecular complexity index is 1530. The SMILES string of the molecule is COc1cc2c(Oc3ccc(NC(=S)N/N=C/c4ccccc4)cc3F)ccnc2cc1OCCCN1CCOCC1. The van der Waals surface area contributed by atoms with E-state index in [1.54, 1.807) is 37.7 Å². The number of anilines is 1. The molecular formula is C31H32FN5O4S. The molecule has 0 aliphatic carbocycles. The molecule has 9 nitrogen and oxygen atoms in total. The molecule has 1 saturated heterocycles. The molecule has 0 atom stereocenters. The highest BCUT2D eigenvalue weighted by Crippen LogP contribution is 2.37. The minimum Gasteiger partial charge on any atom is -0.493 e. The Hall–Kier alpha value is -4.32. The molecule has 4 aromatic rings. The van der Waals surface area contributed by atoms with E-state index in [1.807, 2.05) is 36.4 Å². The Balaban J connectivity index is 1.21. The van der Waals surface area contributed by atoms with Crippen LogP contribution in [0.1, 0.15) is 12.0 Å². The summed E-state index contributed by atoms with van der Waals surface area (Å²) in [6.45, 7) is 4.93. The van der Waals surface area contributed by atoms with Crippen LogP contribution >= 0.6 is 12.2 Å². The molecule has 5 rings (SSSR count). The van der Waals surface area contributed by atoms with Gasteiger partial charge in [-0.3, -0.25) is 15.3 Å². The summed E-state index contributed by atoms with van der Waals surface area (Å²) in [4.78, 5) is 6.83. The summed E-state index contributed by atoms with van der Waals surface area (Å²) in [7, 11) is 1.58. The standard InChI is InChI=1S/C31H32FN5O4S/c1-38-29-19-24-26(20-30(29)40-15-5-12-37-13-16-39-17-14-37)33-11-10-27(24)41-28-9-8-23(18-25(28)32)35-31(42)36-34-21-22-6-3-2-4-7-22/h2-4,6-11,18-21H,5,12-17H2,1H3,(H2,35,36,42)/b34-21+. The number of hydrazone groups is 1. The van der Waals surface area contributed by atoms with E-state index < -0.39 is 5.82 Å². The van der Waals surface area contributed by atoms with Crippen molar-refractivity contribution in [3.63, 3.8) is 0 Å². The van der Waals surface area contributed by atoms with Gasteiger partial charge in [-0.05, 0) is 48.5 Å². The Morgan fingerprint density at radius 2 is 1.88 bits per heavy atom. The Morgan fingerprint density at radius 3 is 2.67 bits per heavy atom. The van der Waals surface area contributed by atoms with Gasteiger partial charge >= 0.3 is 0 Å². The Labute approximate surface area is 249 Å². The van der Waals surface area contributed by atoms with Crippen LogP contribution in [0.3, 0.4) is 0 Å². The molecule has 1 aromatic heterocycles. The number of methoxy groups -OCH3 is 1. The second-order valence-corrected chi connectivity index (χ2v) is 9.88. The van der Waals surface area contributed by atoms with E-state index in [0.717, 1.165) is 44.8 Å². The lowest BCUT2D eigenvalue weighted by molar-refractivity contribution is 0.0357. The van der Waals surface area contributed by atoms with Crippen LogP contribution in [0.5, 0.6) is 23.0 Å². The van der Waals surface area contributed by atoms with Crippen molar-refractivity contribution in [3.8, 4) is 23.0 Å². The van der Waals surface area contributed by atoms with Crippen molar-refractivity contribution >= 4 is 40.1 Å². The van der Waals surface area contributed by atoms with Crippen LogP contribution in [0.4, 0.5) is 10.1 Å². The number of hydrogen-bond donors (Lipinski definition) is 2. The lowest BCUT2D eigenvalue weighted by atomic mass is 10.1. The number of ether oxygens (including phenoxy) is 4. The third-order valence-electron chi connectivity index (χ3n) is 6.56. The highest BCUT2D eigenvalue weighted by Gasteiger charge is 2.15. The second kappa shape index (κ2) is 14.5. The summed E-state index contributed by atoms with van der Waals surface area (Å²) in [5, 5.41) is 7.90. The predicted molar refractivity (Wildman–Crippen MR) is 166 cm³/mol. The smallest absolute Gasteiger partial charge is 0.191 e. The van der Waals surface area contributed by atoms with Gasteiger partial charge in [-0.15, -0.1) is 0 Å². The van der Waals surface area contributed by atoms with Gasteiger partial charge in [0.2, 0.25) is 0 Å². The van der Waals surface area contributed by atoms with E-state index in [4.69, 9.17) is 31.2 Å². The maximum Gasteiger partial charge on any atom is 0.191 e. The van der Waals surface area contributed by atoms with E-state index in [1.165, 1.54) is 12.1 Å². The van der Waals surface area contributed by atoms with Crippen molar-refractivity contribution in [3.05, 3.63) is 84.3 Å². The molecule has 0 radical (unpaired) electrons. The number of halogens is 1. The first-order valence-corrected chi connectivity index (χ1v) is 14.0. The van der Waals surface area contributed by atoms with Gasteiger partial charge in [0.05, 0.1) is 38.7 Å². The van der Waals surface area contributed by atoms with Gasteiger partial charge in [0.25, 0.3) is 0 Å². The number of fused-ring (bicyclic) bond motifs is 1. The number of nitrogens with one attached hydrogen (secondary N) is 2. The van der Waals surface area contributed by atoms with Crippen LogP contribution < -0.4 is 25.0 Å². The van der Waals surface area contributed by atoms with Gasteiger partial charge in [0.1, 0.15) is 5.75 Å². The molecule has 0 saturated carbocycles. The van der Waals surface area contributed by atoms with Gasteiger partial charge in [-0.1, -0.05) is 30.3 Å². The summed E-state index contributed by atoms with van der Waals surface area (Å²) >= 11 is 5.26. The lowest BCUT2D eigenvalue weighted by Gasteiger charge is -2.26. The van der Waals surface area contributed by atoms with Crippen molar-refractivity contribution in [2.24, 2.45) is 5.10 Å². The number of benzene rings is 3. The second-order valence-electron chi connectivity index (χ2n) is 9.47. The van der Waals surface area contributed by atoms with Crippen LogP contribution in [0, 0.1) is 5.82 Å². The third kappa shape index (κ3) is 7.90. The van der Waals surface area contributed by atoms with Crippen LogP contribution in [0.2, 0.25) is 0 Å². The quantitative estimate of drug-likeness (QED) is 0.101. The number of pyridine rings is 1. The van der Waals surface area contributed by atoms with Gasteiger partial charge in [0, 0.05) is 49.0 Å². The number of hydrogen-bond acceptors (Lipinski definition) is 8. The molecule has 2 heterocycles. The molecule has 2 N–H and O–H groups in total. The van der Waals surface area contributed by atoms with Crippen LogP contribution in [0.15, 0.2) is 78.0 Å². The number of thiocarbonyl (C=S) groups is 1. The minimum atomic E-state index is -0.562. The summed E-state index contributed by atoms with van der Waals surface area (Å²) < 4.78 is 38.1. The van der Waals surface area contributed by atoms with Crippen molar-refractivity contribution in [1.29, 1.82) is 0 Å². The molecule has 42 heavy (non-hydrogen) atoms. The highest BCUT2D eigenvalue weighted by atomic mass is 32.1. The van der Waals surface area contributed by atoms with Gasteiger partial charge in [-0.2, -0.15) is 5.10 Å². The zero-order valence-electron chi connectivity index (χ0n) is 23.2. The fourth-order valence-corrected chi connectivity index (χ4v) is 4.60. The van der Waals surface area contributed by atoms with Gasteiger partial charge in [-0.25, -0.2) is 4.39 Å². The maximum absolute atomic E-state index is 15.0. The Kier molecular flexibility index (Phi) is 10.1. The minimum absolute atomic E-state index is 0.0523. The van der Waals surface area contributed by atoms with Crippen LogP contribution in [-0.4, -0.2) is 67.8 Å². The molecule has 0 spiro atoms. The van der Waals surface area contributed by atoms with Gasteiger partial charge < -0.3 is 24.3 Å². The zero-order chi connectivity index (χ0) is 29.1. The Morgan fingerprint density at radius 1 is 1.05 bits per heavy atom. The first-order chi connectivity index (χ1) is 20.6. The van der Waals surface area contributed by atoms with E-state index in [9.17, 15) is 0 Å². The average molecular weight is 590 g/mol. The molecule has 218 valence electrons. The fourth-order valence-electron chi connectivity index (χ4n) is 4.43. The van der Waals surface area contributed by atoms with Crippen molar-refractivity contribution in [2.45, 2.75) is 6.42 Å². The molecule has 11 heteroatoms. The monoisotopic (exact) mass is 589 g/mol. The molecule has 3 aromatic carbocycles. The lowest BCUT2D eigenvalue weighted by Crippen LogP contribution is -2.37. The largest absolute Gasteiger partial charge is 0.493 e. The molecule has 1 fully saturated rings.